The van der Waals surface area contributed by atoms with Gasteiger partial charge in [-0.05, 0) is 42.7 Å². The first-order chi connectivity index (χ1) is 14.2. The summed E-state index contributed by atoms with van der Waals surface area (Å²) in [7, 11) is 1.62. The number of carbonyl (C=O) groups excluding carboxylic acids is 1. The van der Waals surface area contributed by atoms with Crippen LogP contribution in [0.2, 0.25) is 5.02 Å². The second-order valence-corrected chi connectivity index (χ2v) is 8.16. The fourth-order valence-electron chi connectivity index (χ4n) is 3.31. The number of thiazole rings is 1. The minimum Gasteiger partial charge on any atom is -0.494 e. The number of halogens is 1. The molecule has 29 heavy (non-hydrogen) atoms. The van der Waals surface area contributed by atoms with Crippen molar-refractivity contribution in [2.45, 2.75) is 18.9 Å². The third kappa shape index (κ3) is 4.45. The van der Waals surface area contributed by atoms with Crippen LogP contribution in [0.3, 0.4) is 0 Å². The number of benzene rings is 2. The molecule has 7 heteroatoms. The molecule has 150 valence electrons. The van der Waals surface area contributed by atoms with Crippen LogP contribution in [0.1, 0.15) is 18.4 Å². The highest BCUT2D eigenvalue weighted by Crippen LogP contribution is 2.34. The van der Waals surface area contributed by atoms with E-state index in [2.05, 4.69) is 0 Å². The Labute approximate surface area is 178 Å². The van der Waals surface area contributed by atoms with E-state index >= 15 is 0 Å². The van der Waals surface area contributed by atoms with Crippen molar-refractivity contribution in [2.75, 3.05) is 25.2 Å². The van der Waals surface area contributed by atoms with Crippen LogP contribution in [0.25, 0.3) is 16.3 Å². The van der Waals surface area contributed by atoms with Crippen LogP contribution >= 0.6 is 22.9 Å². The molecule has 0 bridgehead atoms. The summed E-state index contributed by atoms with van der Waals surface area (Å²) in [5.74, 6) is 0.541. The zero-order chi connectivity index (χ0) is 20.2. The lowest BCUT2D eigenvalue weighted by atomic mass is 10.2. The van der Waals surface area contributed by atoms with Gasteiger partial charge in [0.05, 0.1) is 24.5 Å². The van der Waals surface area contributed by atoms with Gasteiger partial charge in [0, 0.05) is 17.7 Å². The van der Waals surface area contributed by atoms with Crippen LogP contribution in [0.4, 0.5) is 5.13 Å². The number of ether oxygens (including phenoxy) is 2. The summed E-state index contributed by atoms with van der Waals surface area (Å²) in [5, 5.41) is 1.24. The number of carbonyl (C=O) groups is 1. The van der Waals surface area contributed by atoms with Gasteiger partial charge in [-0.2, -0.15) is 0 Å². The van der Waals surface area contributed by atoms with Gasteiger partial charge in [0.25, 0.3) is 5.91 Å². The Morgan fingerprint density at radius 3 is 2.97 bits per heavy atom. The SMILES string of the molecule is COc1cccc2sc(N(CC3CCCO3)C(=O)/C=C/c3ccccc3Cl)nc12. The number of para-hydroxylation sites is 1. The fraction of sp³-hybridized carbons (Fsp3) is 0.273. The molecule has 1 aliphatic heterocycles. The number of amides is 1. The number of aromatic nitrogens is 1. The summed E-state index contributed by atoms with van der Waals surface area (Å²) in [4.78, 5) is 19.5. The monoisotopic (exact) mass is 428 g/mol. The van der Waals surface area contributed by atoms with Crippen LogP contribution < -0.4 is 9.64 Å². The standard InChI is InChI=1S/C22H21ClN2O3S/c1-27-18-9-4-10-19-21(18)24-22(29-19)25(14-16-7-5-13-28-16)20(26)12-11-15-6-2-3-8-17(15)23/h2-4,6,8-12,16H,5,7,13-14H2,1H3/b12-11+. The molecule has 1 saturated heterocycles. The van der Waals surface area contributed by atoms with Crippen LogP contribution in [-0.4, -0.2) is 37.3 Å². The smallest absolute Gasteiger partial charge is 0.252 e. The molecule has 2 aromatic carbocycles. The van der Waals surface area contributed by atoms with E-state index in [-0.39, 0.29) is 12.0 Å². The maximum atomic E-state index is 13.1. The molecule has 4 rings (SSSR count). The average Bonchev–Trinajstić information content (AvgIpc) is 3.40. The van der Waals surface area contributed by atoms with Gasteiger partial charge < -0.3 is 9.47 Å². The fourth-order valence-corrected chi connectivity index (χ4v) is 4.50. The Morgan fingerprint density at radius 2 is 2.21 bits per heavy atom. The second kappa shape index (κ2) is 8.95. The van der Waals surface area contributed by atoms with Crippen LogP contribution in [0, 0.1) is 0 Å². The van der Waals surface area contributed by atoms with Crippen LogP contribution in [0.5, 0.6) is 5.75 Å². The topological polar surface area (TPSA) is 51.7 Å². The van der Waals surface area contributed by atoms with Gasteiger partial charge >= 0.3 is 0 Å². The summed E-state index contributed by atoms with van der Waals surface area (Å²) < 4.78 is 12.2. The molecule has 1 aromatic heterocycles. The quantitative estimate of drug-likeness (QED) is 0.507. The lowest BCUT2D eigenvalue weighted by molar-refractivity contribution is -0.114. The Kier molecular flexibility index (Phi) is 6.13. The lowest BCUT2D eigenvalue weighted by Gasteiger charge is -2.21. The summed E-state index contributed by atoms with van der Waals surface area (Å²) in [6, 6.07) is 13.2. The summed E-state index contributed by atoms with van der Waals surface area (Å²) in [5.41, 5.74) is 1.56. The molecule has 1 aliphatic rings. The van der Waals surface area contributed by atoms with Crippen molar-refractivity contribution in [1.82, 2.24) is 4.98 Å². The molecule has 0 saturated carbocycles. The van der Waals surface area contributed by atoms with Crippen molar-refractivity contribution in [2.24, 2.45) is 0 Å². The van der Waals surface area contributed by atoms with Crippen molar-refractivity contribution in [3.63, 3.8) is 0 Å². The third-order valence-electron chi connectivity index (χ3n) is 4.81. The maximum absolute atomic E-state index is 13.1. The predicted octanol–water partition coefficient (Wildman–Crippen LogP) is 5.18. The van der Waals surface area contributed by atoms with E-state index in [0.717, 1.165) is 35.2 Å². The van der Waals surface area contributed by atoms with E-state index < -0.39 is 0 Å². The Bertz CT molecular complexity index is 1040. The Hall–Kier alpha value is -2.41. The minimum absolute atomic E-state index is 0.0153. The van der Waals surface area contributed by atoms with Crippen LogP contribution in [0.15, 0.2) is 48.5 Å². The van der Waals surface area contributed by atoms with Gasteiger partial charge in [0.1, 0.15) is 11.3 Å². The highest BCUT2D eigenvalue weighted by Gasteiger charge is 2.25. The number of methoxy groups -OCH3 is 1. The lowest BCUT2D eigenvalue weighted by Crippen LogP contribution is -2.36. The van der Waals surface area contributed by atoms with E-state index in [1.807, 2.05) is 36.4 Å². The van der Waals surface area contributed by atoms with Gasteiger partial charge in [-0.25, -0.2) is 4.98 Å². The summed E-state index contributed by atoms with van der Waals surface area (Å²) in [6.07, 6.45) is 5.24. The number of fused-ring (bicyclic) bond motifs is 1. The predicted molar refractivity (Wildman–Crippen MR) is 118 cm³/mol. The normalized spacial score (nSPS) is 16.6. The molecule has 1 fully saturated rings. The molecule has 1 unspecified atom stereocenters. The van der Waals surface area contributed by atoms with E-state index in [4.69, 9.17) is 26.1 Å². The van der Waals surface area contributed by atoms with Crippen LogP contribution in [-0.2, 0) is 9.53 Å². The van der Waals surface area contributed by atoms with Crippen molar-refractivity contribution in [3.05, 3.63) is 59.1 Å². The molecular formula is C22H21ClN2O3S. The average molecular weight is 429 g/mol. The molecule has 0 N–H and O–H groups in total. The Morgan fingerprint density at radius 1 is 1.34 bits per heavy atom. The van der Waals surface area contributed by atoms with Gasteiger partial charge in [-0.15, -0.1) is 0 Å². The highest BCUT2D eigenvalue weighted by molar-refractivity contribution is 7.22. The van der Waals surface area contributed by atoms with Gasteiger partial charge in [-0.1, -0.05) is 47.2 Å². The van der Waals surface area contributed by atoms with Gasteiger partial charge in [0.2, 0.25) is 0 Å². The molecule has 1 amide bonds. The van der Waals surface area contributed by atoms with Crippen molar-refractivity contribution in [3.8, 4) is 5.75 Å². The van der Waals surface area contributed by atoms with Crippen molar-refractivity contribution < 1.29 is 14.3 Å². The number of hydrogen-bond donors (Lipinski definition) is 0. The Balaban J connectivity index is 1.66. The molecule has 1 atom stereocenters. The van der Waals surface area contributed by atoms with Crippen molar-refractivity contribution >= 4 is 50.3 Å². The van der Waals surface area contributed by atoms with Gasteiger partial charge in [0.15, 0.2) is 5.13 Å². The molecule has 3 aromatic rings. The maximum Gasteiger partial charge on any atom is 0.252 e. The number of anilines is 1. The number of rotatable bonds is 6. The number of nitrogens with zero attached hydrogens (tertiary/aromatic N) is 2. The first-order valence-corrected chi connectivity index (χ1v) is 10.6. The zero-order valence-corrected chi connectivity index (χ0v) is 17.6. The minimum atomic E-state index is -0.154. The number of hydrogen-bond acceptors (Lipinski definition) is 5. The van der Waals surface area contributed by atoms with E-state index in [1.54, 1.807) is 30.2 Å². The van der Waals surface area contributed by atoms with Gasteiger partial charge in [-0.3, -0.25) is 9.69 Å². The largest absolute Gasteiger partial charge is 0.494 e. The molecule has 0 aliphatic carbocycles. The molecule has 0 radical (unpaired) electrons. The van der Waals surface area contributed by atoms with Crippen molar-refractivity contribution in [1.29, 1.82) is 0 Å². The van der Waals surface area contributed by atoms with E-state index in [1.165, 1.54) is 11.3 Å². The third-order valence-corrected chi connectivity index (χ3v) is 6.20. The highest BCUT2D eigenvalue weighted by atomic mass is 35.5. The molecule has 0 spiro atoms. The van der Waals surface area contributed by atoms with E-state index in [9.17, 15) is 4.79 Å². The van der Waals surface area contributed by atoms with E-state index in [0.29, 0.717) is 22.4 Å². The molecule has 2 heterocycles. The first-order valence-electron chi connectivity index (χ1n) is 9.45. The summed E-state index contributed by atoms with van der Waals surface area (Å²) >= 11 is 7.68. The summed E-state index contributed by atoms with van der Waals surface area (Å²) in [6.45, 7) is 1.20. The zero-order valence-electron chi connectivity index (χ0n) is 16.0. The molecular weight excluding hydrogens is 408 g/mol. The second-order valence-electron chi connectivity index (χ2n) is 6.74. The first kappa shape index (κ1) is 19.9. The molecule has 5 nitrogen and oxygen atoms in total.